The molecule has 1 amide bonds. The monoisotopic (exact) mass is 445 g/mol. The van der Waals surface area contributed by atoms with Crippen LogP contribution in [0.25, 0.3) is 0 Å². The Morgan fingerprint density at radius 3 is 2.52 bits per heavy atom. The lowest BCUT2D eigenvalue weighted by Crippen LogP contribution is -2.30. The highest BCUT2D eigenvalue weighted by molar-refractivity contribution is 9.13. The molecule has 2 N–H and O–H groups in total. The summed E-state index contributed by atoms with van der Waals surface area (Å²) in [5, 5.41) is 11.5. The van der Waals surface area contributed by atoms with Crippen molar-refractivity contribution < 1.29 is 23.8 Å². The molecule has 0 saturated carbocycles. The molecule has 0 radical (unpaired) electrons. The molecular weight excluding hydrogens is 434 g/mol. The number of alkyl carbamates (subject to hydrolysis) is 1. The third kappa shape index (κ3) is 5.40. The molecule has 0 aliphatic rings. The minimum Gasteiger partial charge on any atom is -0.481 e. The number of rotatable bonds is 6. The van der Waals surface area contributed by atoms with E-state index in [9.17, 15) is 9.59 Å². The number of nitrogens with one attached hydrogen (secondary N) is 1. The molecule has 0 bridgehead atoms. The van der Waals surface area contributed by atoms with E-state index >= 15 is 0 Å². The van der Waals surface area contributed by atoms with Crippen LogP contribution in [0, 0.1) is 0 Å². The molecule has 2 rings (SSSR count). The third-order valence-corrected chi connectivity index (χ3v) is 4.60. The average Bonchev–Trinajstić information content (AvgIpc) is 2.85. The number of carboxylic acids is 1. The van der Waals surface area contributed by atoms with Gasteiger partial charge < -0.3 is 19.6 Å². The number of ether oxygens (including phenoxy) is 1. The number of hydrogen-bond acceptors (Lipinski definition) is 4. The highest BCUT2D eigenvalue weighted by Gasteiger charge is 2.23. The molecular formula is C15H13Br2NO5. The fourth-order valence-electron chi connectivity index (χ4n) is 1.84. The molecule has 122 valence electrons. The van der Waals surface area contributed by atoms with Gasteiger partial charge in [0.1, 0.15) is 18.4 Å². The maximum Gasteiger partial charge on any atom is 0.408 e. The molecule has 6 nitrogen and oxygen atoms in total. The fourth-order valence-corrected chi connectivity index (χ4v) is 2.45. The quantitative estimate of drug-likeness (QED) is 0.692. The second-order valence-electron chi connectivity index (χ2n) is 4.63. The van der Waals surface area contributed by atoms with E-state index in [0.717, 1.165) is 5.56 Å². The van der Waals surface area contributed by atoms with Crippen LogP contribution < -0.4 is 5.32 Å². The van der Waals surface area contributed by atoms with Gasteiger partial charge in [0.2, 0.25) is 0 Å². The molecule has 0 aliphatic carbocycles. The van der Waals surface area contributed by atoms with E-state index in [1.807, 2.05) is 30.3 Å². The number of halogens is 2. The number of amides is 1. The molecule has 1 unspecified atom stereocenters. The van der Waals surface area contributed by atoms with Crippen LogP contribution in [0.5, 0.6) is 0 Å². The molecule has 0 saturated heterocycles. The third-order valence-electron chi connectivity index (χ3n) is 2.89. The van der Waals surface area contributed by atoms with Gasteiger partial charge in [-0.3, -0.25) is 4.79 Å². The summed E-state index contributed by atoms with van der Waals surface area (Å²) in [6, 6.07) is 9.93. The molecule has 2 aromatic rings. The van der Waals surface area contributed by atoms with Gasteiger partial charge in [-0.2, -0.15) is 0 Å². The van der Waals surface area contributed by atoms with Gasteiger partial charge in [-0.05, 0) is 43.5 Å². The van der Waals surface area contributed by atoms with Crippen LogP contribution in [0.1, 0.15) is 23.8 Å². The van der Waals surface area contributed by atoms with Crippen LogP contribution in [0.2, 0.25) is 0 Å². The van der Waals surface area contributed by atoms with Gasteiger partial charge in [0.05, 0.1) is 10.9 Å². The van der Waals surface area contributed by atoms with Gasteiger partial charge in [0, 0.05) is 0 Å². The van der Waals surface area contributed by atoms with Crippen LogP contribution in [-0.4, -0.2) is 17.2 Å². The molecule has 1 aromatic heterocycles. The summed E-state index contributed by atoms with van der Waals surface area (Å²) in [6.07, 6.45) is -1.05. The Morgan fingerprint density at radius 2 is 1.96 bits per heavy atom. The number of hydrogen-bond donors (Lipinski definition) is 2. The first kappa shape index (κ1) is 17.6. The second-order valence-corrected chi connectivity index (χ2v) is 6.20. The Balaban J connectivity index is 1.99. The highest BCUT2D eigenvalue weighted by atomic mass is 79.9. The SMILES string of the molecule is O=C(O)CC(NC(=O)OCc1ccccc1)c1cc(Br)c(Br)o1. The lowest BCUT2D eigenvalue weighted by atomic mass is 10.1. The fraction of sp³-hybridized carbons (Fsp3) is 0.200. The minimum absolute atomic E-state index is 0.0952. The van der Waals surface area contributed by atoms with E-state index in [0.29, 0.717) is 14.9 Å². The molecule has 23 heavy (non-hydrogen) atoms. The molecule has 1 atom stereocenters. The van der Waals surface area contributed by atoms with Gasteiger partial charge in [0.15, 0.2) is 4.67 Å². The smallest absolute Gasteiger partial charge is 0.408 e. The number of benzene rings is 1. The van der Waals surface area contributed by atoms with Gasteiger partial charge in [-0.1, -0.05) is 30.3 Å². The number of aliphatic carboxylic acids is 1. The summed E-state index contributed by atoms with van der Waals surface area (Å²) in [4.78, 5) is 22.9. The van der Waals surface area contributed by atoms with Crippen LogP contribution in [0.4, 0.5) is 4.79 Å². The van der Waals surface area contributed by atoms with Crippen molar-refractivity contribution in [2.24, 2.45) is 0 Å². The number of furan rings is 1. The Labute approximate surface area is 149 Å². The van der Waals surface area contributed by atoms with Crippen molar-refractivity contribution >= 4 is 43.9 Å². The van der Waals surface area contributed by atoms with Gasteiger partial charge in [-0.15, -0.1) is 0 Å². The maximum atomic E-state index is 11.9. The van der Waals surface area contributed by atoms with Crippen LogP contribution in [-0.2, 0) is 16.1 Å². The zero-order valence-electron chi connectivity index (χ0n) is 11.8. The first-order valence-corrected chi connectivity index (χ1v) is 8.18. The standard InChI is InChI=1S/C15H13Br2NO5/c16-10-6-12(23-14(10)17)11(7-13(19)20)18-15(21)22-8-9-4-2-1-3-5-9/h1-6,11H,7-8H2,(H,18,21)(H,19,20). The molecule has 0 aliphatic heterocycles. The highest BCUT2D eigenvalue weighted by Crippen LogP contribution is 2.31. The van der Waals surface area contributed by atoms with Crippen molar-refractivity contribution in [3.05, 3.63) is 56.9 Å². The molecule has 1 heterocycles. The van der Waals surface area contributed by atoms with Crippen molar-refractivity contribution in [2.45, 2.75) is 19.1 Å². The lowest BCUT2D eigenvalue weighted by molar-refractivity contribution is -0.137. The van der Waals surface area contributed by atoms with E-state index in [1.165, 1.54) is 0 Å². The lowest BCUT2D eigenvalue weighted by Gasteiger charge is -2.14. The van der Waals surface area contributed by atoms with E-state index in [1.54, 1.807) is 6.07 Å². The Hall–Kier alpha value is -1.80. The Bertz CT molecular complexity index is 667. The van der Waals surface area contributed by atoms with Crippen molar-refractivity contribution in [1.82, 2.24) is 5.32 Å². The zero-order valence-corrected chi connectivity index (χ0v) is 15.0. The van der Waals surface area contributed by atoms with Crippen LogP contribution >= 0.6 is 31.9 Å². The van der Waals surface area contributed by atoms with Crippen molar-refractivity contribution in [2.75, 3.05) is 0 Å². The summed E-state index contributed by atoms with van der Waals surface area (Å²) < 4.78 is 11.5. The van der Waals surface area contributed by atoms with Gasteiger partial charge >= 0.3 is 12.1 Å². The number of carbonyl (C=O) groups is 2. The van der Waals surface area contributed by atoms with E-state index < -0.39 is 18.1 Å². The van der Waals surface area contributed by atoms with Crippen LogP contribution in [0.3, 0.4) is 0 Å². The normalized spacial score (nSPS) is 11.7. The summed E-state index contributed by atoms with van der Waals surface area (Å²) in [5.74, 6) is -0.759. The summed E-state index contributed by atoms with van der Waals surface area (Å²) >= 11 is 6.42. The zero-order chi connectivity index (χ0) is 16.8. The molecule has 8 heteroatoms. The van der Waals surface area contributed by atoms with Gasteiger partial charge in [0.25, 0.3) is 0 Å². The second kappa shape index (κ2) is 8.16. The minimum atomic E-state index is -1.07. The summed E-state index contributed by atoms with van der Waals surface area (Å²) in [7, 11) is 0. The first-order chi connectivity index (χ1) is 11.0. The predicted octanol–water partition coefficient (Wildman–Crippen LogP) is 4.25. The Morgan fingerprint density at radius 1 is 1.26 bits per heavy atom. The summed E-state index contributed by atoms with van der Waals surface area (Å²) in [6.45, 7) is 0.0952. The van der Waals surface area contributed by atoms with Crippen molar-refractivity contribution in [3.8, 4) is 0 Å². The predicted molar refractivity (Wildman–Crippen MR) is 88.9 cm³/mol. The Kier molecular flexibility index (Phi) is 6.23. The average molecular weight is 447 g/mol. The first-order valence-electron chi connectivity index (χ1n) is 6.59. The molecule has 0 fully saturated rings. The van der Waals surface area contributed by atoms with Gasteiger partial charge in [-0.25, -0.2) is 4.79 Å². The number of carboxylic acid groups (broad SMARTS) is 1. The van der Waals surface area contributed by atoms with E-state index in [4.69, 9.17) is 14.3 Å². The van der Waals surface area contributed by atoms with Crippen LogP contribution in [0.15, 0.2) is 50.0 Å². The molecule has 0 spiro atoms. The number of carbonyl (C=O) groups excluding carboxylic acids is 1. The largest absolute Gasteiger partial charge is 0.481 e. The van der Waals surface area contributed by atoms with Crippen molar-refractivity contribution in [1.29, 1.82) is 0 Å². The maximum absolute atomic E-state index is 11.9. The molecule has 1 aromatic carbocycles. The van der Waals surface area contributed by atoms with Crippen molar-refractivity contribution in [3.63, 3.8) is 0 Å². The van der Waals surface area contributed by atoms with E-state index in [2.05, 4.69) is 37.2 Å². The van der Waals surface area contributed by atoms with E-state index in [-0.39, 0.29) is 13.0 Å². The topological polar surface area (TPSA) is 88.8 Å². The summed E-state index contributed by atoms with van der Waals surface area (Å²) in [5.41, 5.74) is 0.834.